The number of amides is 2. The predicted molar refractivity (Wildman–Crippen MR) is 57.2 cm³/mol. The van der Waals surface area contributed by atoms with E-state index < -0.39 is 0 Å². The van der Waals surface area contributed by atoms with Gasteiger partial charge in [0.1, 0.15) is 0 Å². The van der Waals surface area contributed by atoms with Gasteiger partial charge in [-0.25, -0.2) is 0 Å². The molecule has 1 atom stereocenters. The van der Waals surface area contributed by atoms with E-state index in [-0.39, 0.29) is 17.9 Å². The van der Waals surface area contributed by atoms with Gasteiger partial charge in [-0.05, 0) is 24.1 Å². The van der Waals surface area contributed by atoms with Crippen LogP contribution in [0.4, 0.5) is 0 Å². The Hall–Kier alpha value is -1.75. The Morgan fingerprint density at radius 1 is 1.38 bits per heavy atom. The fraction of sp³-hybridized carbons (Fsp3) is 0.364. The summed E-state index contributed by atoms with van der Waals surface area (Å²) in [6.07, 6.45) is 4.39. The zero-order valence-electron chi connectivity index (χ0n) is 8.77. The third-order valence-electron chi connectivity index (χ3n) is 2.54. The van der Waals surface area contributed by atoms with Crippen molar-refractivity contribution in [1.82, 2.24) is 15.6 Å². The van der Waals surface area contributed by atoms with Crippen LogP contribution in [-0.2, 0) is 16.1 Å². The summed E-state index contributed by atoms with van der Waals surface area (Å²) in [4.78, 5) is 26.3. The molecule has 1 aliphatic heterocycles. The summed E-state index contributed by atoms with van der Waals surface area (Å²) in [5.74, 6) is -0.419. The normalized spacial score (nSPS) is 20.6. The first-order chi connectivity index (χ1) is 7.75. The van der Waals surface area contributed by atoms with Crippen molar-refractivity contribution in [2.24, 2.45) is 0 Å². The van der Waals surface area contributed by atoms with E-state index >= 15 is 0 Å². The molecule has 0 saturated carbocycles. The summed E-state index contributed by atoms with van der Waals surface area (Å²) in [6, 6.07) is 3.50. The first-order valence-electron chi connectivity index (χ1n) is 5.21. The van der Waals surface area contributed by atoms with Gasteiger partial charge in [-0.1, -0.05) is 0 Å². The molecular formula is C11H13N3O2. The van der Waals surface area contributed by atoms with Crippen molar-refractivity contribution >= 4 is 11.8 Å². The van der Waals surface area contributed by atoms with Crippen LogP contribution >= 0.6 is 0 Å². The minimum atomic E-state index is -0.272. The fourth-order valence-corrected chi connectivity index (χ4v) is 1.63. The van der Waals surface area contributed by atoms with Gasteiger partial charge in [0.15, 0.2) is 0 Å². The van der Waals surface area contributed by atoms with E-state index in [4.69, 9.17) is 0 Å². The molecule has 1 fully saturated rings. The van der Waals surface area contributed by atoms with Crippen LogP contribution in [0.25, 0.3) is 0 Å². The van der Waals surface area contributed by atoms with Gasteiger partial charge in [0, 0.05) is 25.4 Å². The summed E-state index contributed by atoms with van der Waals surface area (Å²) >= 11 is 0. The number of carbonyl (C=O) groups is 2. The van der Waals surface area contributed by atoms with Gasteiger partial charge in [-0.2, -0.15) is 0 Å². The Kier molecular flexibility index (Phi) is 3.26. The summed E-state index contributed by atoms with van der Waals surface area (Å²) in [5.41, 5.74) is 1.07. The van der Waals surface area contributed by atoms with Crippen molar-refractivity contribution in [1.29, 1.82) is 0 Å². The van der Waals surface area contributed by atoms with E-state index in [1.165, 1.54) is 0 Å². The van der Waals surface area contributed by atoms with Gasteiger partial charge in [-0.3, -0.25) is 19.9 Å². The molecule has 1 aromatic rings. The number of pyridine rings is 1. The van der Waals surface area contributed by atoms with Gasteiger partial charge in [0.2, 0.25) is 11.8 Å². The average Bonchev–Trinajstić information content (AvgIpc) is 2.29. The quantitative estimate of drug-likeness (QED) is 0.701. The molecule has 2 heterocycles. The molecule has 2 rings (SSSR count). The molecule has 1 aliphatic rings. The Bertz CT molecular complexity index is 391. The molecule has 0 radical (unpaired) electrons. The van der Waals surface area contributed by atoms with Gasteiger partial charge in [0.25, 0.3) is 0 Å². The number of aromatic nitrogens is 1. The first-order valence-corrected chi connectivity index (χ1v) is 5.21. The molecule has 0 bridgehead atoms. The van der Waals surface area contributed by atoms with Crippen LogP contribution in [0.3, 0.4) is 0 Å². The number of nitrogens with one attached hydrogen (secondary N) is 2. The largest absolute Gasteiger partial charge is 0.302 e. The van der Waals surface area contributed by atoms with Crippen molar-refractivity contribution < 1.29 is 9.59 Å². The second-order valence-electron chi connectivity index (χ2n) is 3.74. The lowest BCUT2D eigenvalue weighted by Gasteiger charge is -2.21. The summed E-state index contributed by atoms with van der Waals surface area (Å²) in [7, 11) is 0. The van der Waals surface area contributed by atoms with E-state index in [2.05, 4.69) is 15.6 Å². The Labute approximate surface area is 93.3 Å². The molecule has 5 heteroatoms. The second kappa shape index (κ2) is 4.85. The summed E-state index contributed by atoms with van der Waals surface area (Å²) in [5, 5.41) is 5.43. The van der Waals surface area contributed by atoms with Crippen LogP contribution in [0.5, 0.6) is 0 Å². The smallest absolute Gasteiger partial charge is 0.243 e. The van der Waals surface area contributed by atoms with Crippen LogP contribution in [0, 0.1) is 0 Å². The average molecular weight is 219 g/mol. The van der Waals surface area contributed by atoms with Crippen molar-refractivity contribution in [3.63, 3.8) is 0 Å². The number of nitrogens with zero attached hydrogens (tertiary/aromatic N) is 1. The van der Waals surface area contributed by atoms with Crippen LogP contribution in [0.1, 0.15) is 18.4 Å². The predicted octanol–water partition coefficient (Wildman–Crippen LogP) is -0.0236. The molecule has 0 spiro atoms. The molecule has 1 unspecified atom stereocenters. The summed E-state index contributed by atoms with van der Waals surface area (Å²) < 4.78 is 0. The maximum Gasteiger partial charge on any atom is 0.243 e. The fourth-order valence-electron chi connectivity index (χ4n) is 1.63. The highest BCUT2D eigenvalue weighted by Crippen LogP contribution is 2.05. The molecule has 84 valence electrons. The number of hydrogen-bond acceptors (Lipinski definition) is 4. The third-order valence-corrected chi connectivity index (χ3v) is 2.54. The molecule has 0 aromatic carbocycles. The third kappa shape index (κ3) is 2.64. The molecule has 5 nitrogen and oxygen atoms in total. The van der Waals surface area contributed by atoms with Gasteiger partial charge < -0.3 is 5.32 Å². The van der Waals surface area contributed by atoms with Gasteiger partial charge in [0.05, 0.1) is 6.04 Å². The zero-order valence-corrected chi connectivity index (χ0v) is 8.77. The second-order valence-corrected chi connectivity index (χ2v) is 3.74. The minimum Gasteiger partial charge on any atom is -0.302 e. The van der Waals surface area contributed by atoms with Crippen molar-refractivity contribution in [2.45, 2.75) is 25.4 Å². The lowest BCUT2D eigenvalue weighted by molar-refractivity contribution is -0.134. The molecule has 16 heavy (non-hydrogen) atoms. The Morgan fingerprint density at radius 3 is 2.81 bits per heavy atom. The number of imide groups is 1. The van der Waals surface area contributed by atoms with Crippen LogP contribution in [-0.4, -0.2) is 22.8 Å². The lowest BCUT2D eigenvalue weighted by Crippen LogP contribution is -2.50. The van der Waals surface area contributed by atoms with Crippen molar-refractivity contribution in [3.8, 4) is 0 Å². The standard InChI is InChI=1S/C11H13N3O2/c15-10-2-1-9(11(16)14-10)13-7-8-3-5-12-6-4-8/h3-6,9,13H,1-2,7H2,(H,14,15,16). The summed E-state index contributed by atoms with van der Waals surface area (Å²) in [6.45, 7) is 0.606. The molecule has 1 aromatic heterocycles. The van der Waals surface area contributed by atoms with E-state index in [0.717, 1.165) is 5.56 Å². The Morgan fingerprint density at radius 2 is 2.12 bits per heavy atom. The Balaban J connectivity index is 1.87. The molecule has 2 N–H and O–H groups in total. The maximum atomic E-state index is 11.4. The highest BCUT2D eigenvalue weighted by atomic mass is 16.2. The van der Waals surface area contributed by atoms with Crippen molar-refractivity contribution in [2.75, 3.05) is 0 Å². The SMILES string of the molecule is O=C1CCC(NCc2ccncc2)C(=O)N1. The monoisotopic (exact) mass is 219 g/mol. The molecule has 2 amide bonds. The van der Waals surface area contributed by atoms with E-state index in [9.17, 15) is 9.59 Å². The number of hydrogen-bond donors (Lipinski definition) is 2. The number of carbonyl (C=O) groups excluding carboxylic acids is 2. The van der Waals surface area contributed by atoms with Gasteiger partial charge >= 0.3 is 0 Å². The maximum absolute atomic E-state index is 11.4. The molecule has 1 saturated heterocycles. The van der Waals surface area contributed by atoms with Gasteiger partial charge in [-0.15, -0.1) is 0 Å². The minimum absolute atomic E-state index is 0.188. The van der Waals surface area contributed by atoms with Crippen LogP contribution < -0.4 is 10.6 Å². The number of rotatable bonds is 3. The topological polar surface area (TPSA) is 71.1 Å². The van der Waals surface area contributed by atoms with Crippen LogP contribution in [0.15, 0.2) is 24.5 Å². The highest BCUT2D eigenvalue weighted by molar-refractivity contribution is 6.00. The van der Waals surface area contributed by atoms with Crippen LogP contribution in [0.2, 0.25) is 0 Å². The number of piperidine rings is 1. The first kappa shape index (κ1) is 10.8. The lowest BCUT2D eigenvalue weighted by atomic mass is 10.1. The highest BCUT2D eigenvalue weighted by Gasteiger charge is 2.25. The molecule has 0 aliphatic carbocycles. The van der Waals surface area contributed by atoms with E-state index in [0.29, 0.717) is 19.4 Å². The zero-order chi connectivity index (χ0) is 11.4. The van der Waals surface area contributed by atoms with E-state index in [1.54, 1.807) is 12.4 Å². The van der Waals surface area contributed by atoms with E-state index in [1.807, 2.05) is 12.1 Å². The molecular weight excluding hydrogens is 206 g/mol. The van der Waals surface area contributed by atoms with Crippen molar-refractivity contribution in [3.05, 3.63) is 30.1 Å².